The minimum absolute atomic E-state index is 0.0346. The Morgan fingerprint density at radius 3 is 2.50 bits per heavy atom. The van der Waals surface area contributed by atoms with Crippen LogP contribution in [0.5, 0.6) is 0 Å². The lowest BCUT2D eigenvalue weighted by Gasteiger charge is -2.00. The second-order valence-electron chi connectivity index (χ2n) is 2.81. The molecule has 1 N–H and O–H groups in total. The van der Waals surface area contributed by atoms with E-state index in [0.29, 0.717) is 0 Å². The van der Waals surface area contributed by atoms with Crippen LogP contribution in [0.4, 0.5) is 3.89 Å². The van der Waals surface area contributed by atoms with Gasteiger partial charge in [0.05, 0.1) is 5.75 Å². The van der Waals surface area contributed by atoms with Crippen molar-refractivity contribution in [3.8, 4) is 0 Å². The van der Waals surface area contributed by atoms with Gasteiger partial charge in [-0.1, -0.05) is 0 Å². The predicted molar refractivity (Wildman–Crippen MR) is 40.6 cm³/mol. The van der Waals surface area contributed by atoms with Gasteiger partial charge in [-0.2, -0.15) is 8.42 Å². The van der Waals surface area contributed by atoms with E-state index in [0.717, 1.165) is 12.8 Å². The Morgan fingerprint density at radius 1 is 1.50 bits per heavy atom. The molecule has 0 bridgehead atoms. The maximum absolute atomic E-state index is 11.9. The van der Waals surface area contributed by atoms with E-state index in [9.17, 15) is 17.1 Å². The Labute approximate surface area is 70.4 Å². The molecule has 0 aliphatic heterocycles. The highest BCUT2D eigenvalue weighted by molar-refractivity contribution is 7.86. The minimum atomic E-state index is -4.44. The lowest BCUT2D eigenvalue weighted by Crippen LogP contribution is -2.29. The lowest BCUT2D eigenvalue weighted by atomic mass is 10.4. The molecule has 0 saturated heterocycles. The van der Waals surface area contributed by atoms with E-state index >= 15 is 0 Å². The summed E-state index contributed by atoms with van der Waals surface area (Å²) >= 11 is 0. The predicted octanol–water partition coefficient (Wildman–Crippen LogP) is -0.188. The SMILES string of the molecule is O=C(NCCS(=O)(=O)F)C1CC1. The van der Waals surface area contributed by atoms with Crippen LogP contribution in [-0.2, 0) is 15.0 Å². The van der Waals surface area contributed by atoms with Crippen LogP contribution in [0, 0.1) is 5.92 Å². The van der Waals surface area contributed by atoms with Crippen LogP contribution in [-0.4, -0.2) is 26.6 Å². The Morgan fingerprint density at radius 2 is 2.08 bits per heavy atom. The molecule has 1 rings (SSSR count). The molecule has 0 heterocycles. The maximum Gasteiger partial charge on any atom is 0.304 e. The zero-order chi connectivity index (χ0) is 9.19. The molecule has 1 aliphatic carbocycles. The monoisotopic (exact) mass is 195 g/mol. The molecule has 0 unspecified atom stereocenters. The van der Waals surface area contributed by atoms with Gasteiger partial charge >= 0.3 is 10.2 Å². The zero-order valence-electron chi connectivity index (χ0n) is 6.42. The van der Waals surface area contributed by atoms with E-state index < -0.39 is 16.0 Å². The van der Waals surface area contributed by atoms with E-state index in [1.165, 1.54) is 0 Å². The van der Waals surface area contributed by atoms with Crippen molar-refractivity contribution < 1.29 is 17.1 Å². The minimum Gasteiger partial charge on any atom is -0.355 e. The number of nitrogens with one attached hydrogen (secondary N) is 1. The van der Waals surface area contributed by atoms with Gasteiger partial charge in [-0.15, -0.1) is 3.89 Å². The Bertz CT molecular complexity index is 271. The molecular weight excluding hydrogens is 185 g/mol. The van der Waals surface area contributed by atoms with Crippen LogP contribution in [0.1, 0.15) is 12.8 Å². The summed E-state index contributed by atoms with van der Waals surface area (Å²) in [5.74, 6) is -0.767. The molecule has 1 amide bonds. The fourth-order valence-electron chi connectivity index (χ4n) is 0.786. The Hall–Kier alpha value is -0.650. The van der Waals surface area contributed by atoms with Gasteiger partial charge in [-0.05, 0) is 12.8 Å². The van der Waals surface area contributed by atoms with Crippen molar-refractivity contribution >= 4 is 16.1 Å². The molecule has 0 aromatic rings. The van der Waals surface area contributed by atoms with Gasteiger partial charge in [0.25, 0.3) is 0 Å². The number of hydrogen-bond donors (Lipinski definition) is 1. The van der Waals surface area contributed by atoms with Crippen LogP contribution < -0.4 is 5.32 Å². The third kappa shape index (κ3) is 3.66. The van der Waals surface area contributed by atoms with Crippen LogP contribution in [0.25, 0.3) is 0 Å². The lowest BCUT2D eigenvalue weighted by molar-refractivity contribution is -0.122. The fraction of sp³-hybridized carbons (Fsp3) is 0.833. The van der Waals surface area contributed by atoms with Crippen molar-refractivity contribution in [3.05, 3.63) is 0 Å². The molecule has 1 fully saturated rings. The van der Waals surface area contributed by atoms with Crippen molar-refractivity contribution in [1.82, 2.24) is 5.32 Å². The van der Waals surface area contributed by atoms with E-state index in [1.54, 1.807) is 0 Å². The number of rotatable bonds is 4. The van der Waals surface area contributed by atoms with Crippen molar-refractivity contribution in [2.45, 2.75) is 12.8 Å². The molecule has 0 aromatic heterocycles. The van der Waals surface area contributed by atoms with Crippen LogP contribution >= 0.6 is 0 Å². The van der Waals surface area contributed by atoms with E-state index in [2.05, 4.69) is 5.32 Å². The van der Waals surface area contributed by atoms with E-state index in [-0.39, 0.29) is 18.4 Å². The second-order valence-corrected chi connectivity index (χ2v) is 4.29. The van der Waals surface area contributed by atoms with Crippen LogP contribution in [0.3, 0.4) is 0 Å². The molecule has 6 heteroatoms. The van der Waals surface area contributed by atoms with Crippen molar-refractivity contribution in [2.24, 2.45) is 5.92 Å². The molecule has 1 saturated carbocycles. The summed E-state index contributed by atoms with van der Waals surface area (Å²) in [5, 5.41) is 2.34. The summed E-state index contributed by atoms with van der Waals surface area (Å²) in [6, 6.07) is 0. The summed E-state index contributed by atoms with van der Waals surface area (Å²) < 4.78 is 31.8. The first-order valence-corrected chi connectivity index (χ1v) is 5.24. The molecule has 0 atom stereocenters. The topological polar surface area (TPSA) is 63.2 Å². The summed E-state index contributed by atoms with van der Waals surface area (Å²) in [4.78, 5) is 10.9. The number of hydrogen-bond acceptors (Lipinski definition) is 3. The first-order valence-electron chi connectivity index (χ1n) is 3.69. The first-order chi connectivity index (χ1) is 5.49. The highest BCUT2D eigenvalue weighted by Gasteiger charge is 2.29. The van der Waals surface area contributed by atoms with Crippen LogP contribution in [0.2, 0.25) is 0 Å². The van der Waals surface area contributed by atoms with Gasteiger partial charge in [0, 0.05) is 12.5 Å². The summed E-state index contributed by atoms with van der Waals surface area (Å²) in [6.45, 7) is -0.131. The van der Waals surface area contributed by atoms with Crippen LogP contribution in [0.15, 0.2) is 0 Å². The molecule has 70 valence electrons. The Balaban J connectivity index is 2.13. The number of carbonyl (C=O) groups excluding carboxylic acids is 1. The molecule has 0 radical (unpaired) electrons. The summed E-state index contributed by atoms with van der Waals surface area (Å²) in [7, 11) is -4.44. The number of halogens is 1. The van der Waals surface area contributed by atoms with Crippen molar-refractivity contribution in [1.29, 1.82) is 0 Å². The van der Waals surface area contributed by atoms with Crippen molar-refractivity contribution in [3.63, 3.8) is 0 Å². The first kappa shape index (κ1) is 9.44. The molecule has 0 spiro atoms. The van der Waals surface area contributed by atoms with Gasteiger partial charge in [-0.25, -0.2) is 0 Å². The highest BCUT2D eigenvalue weighted by atomic mass is 32.3. The summed E-state index contributed by atoms with van der Waals surface area (Å²) in [5.41, 5.74) is 0. The largest absolute Gasteiger partial charge is 0.355 e. The third-order valence-corrected chi connectivity index (χ3v) is 2.29. The average Bonchev–Trinajstić information content (AvgIpc) is 2.64. The van der Waals surface area contributed by atoms with Gasteiger partial charge in [0.1, 0.15) is 0 Å². The average molecular weight is 195 g/mol. The fourth-order valence-corrected chi connectivity index (χ4v) is 1.13. The standard InChI is InChI=1S/C6H10FNO3S/c7-12(10,11)4-3-8-6(9)5-1-2-5/h5H,1-4H2,(H,8,9). The van der Waals surface area contributed by atoms with Gasteiger partial charge in [0.15, 0.2) is 0 Å². The van der Waals surface area contributed by atoms with Gasteiger partial charge < -0.3 is 5.32 Å². The number of amides is 1. The van der Waals surface area contributed by atoms with Gasteiger partial charge in [0.2, 0.25) is 5.91 Å². The smallest absolute Gasteiger partial charge is 0.304 e. The normalized spacial score (nSPS) is 17.4. The summed E-state index contributed by atoms with van der Waals surface area (Å²) in [6.07, 6.45) is 1.71. The molecule has 1 aliphatic rings. The maximum atomic E-state index is 11.9. The van der Waals surface area contributed by atoms with E-state index in [4.69, 9.17) is 0 Å². The third-order valence-electron chi connectivity index (χ3n) is 1.59. The quantitative estimate of drug-likeness (QED) is 0.632. The molecular formula is C6H10FNO3S. The molecule has 0 aromatic carbocycles. The van der Waals surface area contributed by atoms with Gasteiger partial charge in [-0.3, -0.25) is 4.79 Å². The molecule has 12 heavy (non-hydrogen) atoms. The zero-order valence-corrected chi connectivity index (χ0v) is 7.23. The highest BCUT2D eigenvalue weighted by Crippen LogP contribution is 2.28. The Kier molecular flexibility index (Phi) is 2.66. The molecule has 4 nitrogen and oxygen atoms in total. The van der Waals surface area contributed by atoms with Crippen molar-refractivity contribution in [2.75, 3.05) is 12.3 Å². The second kappa shape index (κ2) is 3.38. The van der Waals surface area contributed by atoms with E-state index in [1.807, 2.05) is 0 Å². The number of carbonyl (C=O) groups is 1.